The summed E-state index contributed by atoms with van der Waals surface area (Å²) in [6.45, 7) is 6.70. The molecule has 38 heavy (non-hydrogen) atoms. The molecule has 2 fully saturated rings. The van der Waals surface area contributed by atoms with Crippen LogP contribution in [0.3, 0.4) is 0 Å². The zero-order chi connectivity index (χ0) is 27.4. The molecule has 0 radical (unpaired) electrons. The number of ether oxygens (including phenoxy) is 3. The van der Waals surface area contributed by atoms with Crippen LogP contribution in [0.1, 0.15) is 59.4 Å². The van der Waals surface area contributed by atoms with Crippen LogP contribution in [0.4, 0.5) is 0 Å². The first-order chi connectivity index (χ1) is 18.2. The van der Waals surface area contributed by atoms with Crippen molar-refractivity contribution in [2.75, 3.05) is 33.9 Å². The summed E-state index contributed by atoms with van der Waals surface area (Å²) in [6, 6.07) is 11.7. The van der Waals surface area contributed by atoms with Crippen molar-refractivity contribution < 1.29 is 28.6 Å². The van der Waals surface area contributed by atoms with E-state index in [-0.39, 0.29) is 30.4 Å². The second kappa shape index (κ2) is 11.4. The third-order valence-electron chi connectivity index (χ3n) is 7.62. The van der Waals surface area contributed by atoms with E-state index in [2.05, 4.69) is 5.32 Å². The topological polar surface area (TPSA) is 97.4 Å². The number of carbonyl (C=O) groups is 3. The Balaban J connectivity index is 1.58. The van der Waals surface area contributed by atoms with Gasteiger partial charge in [0.1, 0.15) is 11.8 Å². The zero-order valence-corrected chi connectivity index (χ0v) is 22.8. The van der Waals surface area contributed by atoms with Gasteiger partial charge >= 0.3 is 0 Å². The molecule has 9 heteroatoms. The summed E-state index contributed by atoms with van der Waals surface area (Å²) in [6.07, 6.45) is 1.58. The minimum atomic E-state index is -0.967. The largest absolute Gasteiger partial charge is 0.493 e. The van der Waals surface area contributed by atoms with E-state index in [1.807, 2.05) is 39.0 Å². The Kier molecular flexibility index (Phi) is 8.26. The summed E-state index contributed by atoms with van der Waals surface area (Å²) in [7, 11) is 3.08. The number of nitrogens with one attached hydrogen (secondary N) is 1. The van der Waals surface area contributed by atoms with Gasteiger partial charge in [0, 0.05) is 43.1 Å². The predicted molar refractivity (Wildman–Crippen MR) is 142 cm³/mol. The zero-order valence-electron chi connectivity index (χ0n) is 22.8. The van der Waals surface area contributed by atoms with E-state index in [9.17, 15) is 14.4 Å². The predicted octanol–water partition coefficient (Wildman–Crippen LogP) is 3.40. The number of benzene rings is 2. The number of amides is 3. The molecule has 2 unspecified atom stereocenters. The van der Waals surface area contributed by atoms with E-state index in [0.29, 0.717) is 48.6 Å². The molecule has 4 rings (SSSR count). The molecule has 2 atom stereocenters. The fourth-order valence-corrected chi connectivity index (χ4v) is 5.16. The summed E-state index contributed by atoms with van der Waals surface area (Å²) in [5, 5.41) is 3.01. The van der Waals surface area contributed by atoms with Crippen molar-refractivity contribution in [2.24, 2.45) is 0 Å². The molecule has 0 saturated carbocycles. The molecule has 2 aliphatic rings. The van der Waals surface area contributed by atoms with Gasteiger partial charge in [-0.15, -0.1) is 0 Å². The van der Waals surface area contributed by atoms with Crippen molar-refractivity contribution in [1.82, 2.24) is 15.1 Å². The van der Waals surface area contributed by atoms with Gasteiger partial charge in [0.05, 0.1) is 20.8 Å². The Morgan fingerprint density at radius 1 is 1.05 bits per heavy atom. The van der Waals surface area contributed by atoms with E-state index < -0.39 is 11.8 Å². The summed E-state index contributed by atoms with van der Waals surface area (Å²) in [5.41, 5.74) is 0.902. The van der Waals surface area contributed by atoms with Gasteiger partial charge in [0.15, 0.2) is 11.5 Å². The summed E-state index contributed by atoms with van der Waals surface area (Å²) < 4.78 is 16.9. The van der Waals surface area contributed by atoms with Crippen molar-refractivity contribution in [3.63, 3.8) is 0 Å². The van der Waals surface area contributed by atoms with Gasteiger partial charge in [-0.3, -0.25) is 19.3 Å². The lowest BCUT2D eigenvalue weighted by atomic mass is 9.95. The van der Waals surface area contributed by atoms with Gasteiger partial charge in [-0.25, -0.2) is 0 Å². The molecule has 2 aromatic carbocycles. The first-order valence-corrected chi connectivity index (χ1v) is 13.1. The lowest BCUT2D eigenvalue weighted by molar-refractivity contribution is -0.128. The average Bonchev–Trinajstić information content (AvgIpc) is 3.30. The maximum Gasteiger partial charge on any atom is 0.257 e. The van der Waals surface area contributed by atoms with Gasteiger partial charge in [-0.05, 0) is 50.1 Å². The van der Waals surface area contributed by atoms with Gasteiger partial charge in [-0.2, -0.15) is 0 Å². The lowest BCUT2D eigenvalue weighted by Gasteiger charge is -2.44. The first kappa shape index (κ1) is 27.4. The third-order valence-corrected chi connectivity index (χ3v) is 7.62. The SMILES string of the molecule is CCC(C)NC(=O)C1COC2(CCN(C(=O)c3ccc(OC)c(OC)c3)CC2)N1C(=O)c1ccccc1C. The number of carbonyl (C=O) groups excluding carboxylic acids is 3. The molecule has 2 saturated heterocycles. The maximum atomic E-state index is 13.9. The smallest absolute Gasteiger partial charge is 0.257 e. The second-order valence-electron chi connectivity index (χ2n) is 9.94. The molecular weight excluding hydrogens is 486 g/mol. The number of nitrogens with zero attached hydrogens (tertiary/aromatic N) is 2. The first-order valence-electron chi connectivity index (χ1n) is 13.1. The van der Waals surface area contributed by atoms with Crippen LogP contribution < -0.4 is 14.8 Å². The third kappa shape index (κ3) is 5.20. The molecule has 3 amide bonds. The molecular formula is C29H37N3O6. The number of rotatable bonds is 7. The Morgan fingerprint density at radius 2 is 1.74 bits per heavy atom. The van der Waals surface area contributed by atoms with Crippen LogP contribution in [-0.2, 0) is 9.53 Å². The van der Waals surface area contributed by atoms with Crippen LogP contribution in [-0.4, -0.2) is 79.2 Å². The highest BCUT2D eigenvalue weighted by atomic mass is 16.5. The minimum Gasteiger partial charge on any atom is -0.493 e. The lowest BCUT2D eigenvalue weighted by Crippen LogP contribution is -2.60. The number of aryl methyl sites for hydroxylation is 1. The second-order valence-corrected chi connectivity index (χ2v) is 9.94. The highest BCUT2D eigenvalue weighted by molar-refractivity contribution is 5.99. The van der Waals surface area contributed by atoms with E-state index in [0.717, 1.165) is 12.0 Å². The monoisotopic (exact) mass is 523 g/mol. The average molecular weight is 524 g/mol. The highest BCUT2D eigenvalue weighted by Crippen LogP contribution is 2.39. The number of hydrogen-bond acceptors (Lipinski definition) is 6. The van der Waals surface area contributed by atoms with Crippen molar-refractivity contribution in [2.45, 2.75) is 57.8 Å². The Labute approximate surface area is 224 Å². The summed E-state index contributed by atoms with van der Waals surface area (Å²) in [4.78, 5) is 43.9. The summed E-state index contributed by atoms with van der Waals surface area (Å²) in [5.74, 6) is 0.442. The molecule has 2 heterocycles. The van der Waals surface area contributed by atoms with E-state index in [1.54, 1.807) is 41.2 Å². The van der Waals surface area contributed by atoms with E-state index >= 15 is 0 Å². The van der Waals surface area contributed by atoms with E-state index in [1.165, 1.54) is 7.11 Å². The van der Waals surface area contributed by atoms with Crippen LogP contribution >= 0.6 is 0 Å². The fourth-order valence-electron chi connectivity index (χ4n) is 5.16. The van der Waals surface area contributed by atoms with Crippen LogP contribution in [0, 0.1) is 6.92 Å². The van der Waals surface area contributed by atoms with Gasteiger partial charge in [0.25, 0.3) is 11.8 Å². The minimum absolute atomic E-state index is 0.0181. The standard InChI is InChI=1S/C29H37N3O6/c1-6-20(3)30-26(33)23-18-38-29(32(23)28(35)22-10-8-7-9-19(22)2)13-15-31(16-14-29)27(34)21-11-12-24(36-4)25(17-21)37-5/h7-12,17,20,23H,6,13-16,18H2,1-5H3,(H,30,33). The fraction of sp³-hybridized carbons (Fsp3) is 0.483. The van der Waals surface area contributed by atoms with Crippen LogP contribution in [0.25, 0.3) is 0 Å². The molecule has 0 aromatic heterocycles. The Morgan fingerprint density at radius 3 is 2.37 bits per heavy atom. The molecule has 204 valence electrons. The molecule has 2 aliphatic heterocycles. The van der Waals surface area contributed by atoms with Gasteiger partial charge in [0.2, 0.25) is 5.91 Å². The molecule has 9 nitrogen and oxygen atoms in total. The molecule has 0 aliphatic carbocycles. The summed E-state index contributed by atoms with van der Waals surface area (Å²) >= 11 is 0. The van der Waals surface area contributed by atoms with Gasteiger partial charge < -0.3 is 24.4 Å². The normalized spacial score (nSPS) is 19.2. The Bertz CT molecular complexity index is 1190. The quantitative estimate of drug-likeness (QED) is 0.598. The van der Waals surface area contributed by atoms with Crippen molar-refractivity contribution in [3.8, 4) is 11.5 Å². The molecule has 1 N–H and O–H groups in total. The van der Waals surface area contributed by atoms with Crippen molar-refractivity contribution in [1.29, 1.82) is 0 Å². The number of hydrogen-bond donors (Lipinski definition) is 1. The maximum absolute atomic E-state index is 13.9. The van der Waals surface area contributed by atoms with Crippen LogP contribution in [0.5, 0.6) is 11.5 Å². The van der Waals surface area contributed by atoms with Crippen LogP contribution in [0.15, 0.2) is 42.5 Å². The van der Waals surface area contributed by atoms with Crippen molar-refractivity contribution in [3.05, 3.63) is 59.2 Å². The van der Waals surface area contributed by atoms with E-state index in [4.69, 9.17) is 14.2 Å². The number of likely N-dealkylation sites (tertiary alicyclic amines) is 1. The number of methoxy groups -OCH3 is 2. The highest BCUT2D eigenvalue weighted by Gasteiger charge is 2.54. The van der Waals surface area contributed by atoms with Gasteiger partial charge in [-0.1, -0.05) is 25.1 Å². The van der Waals surface area contributed by atoms with Crippen molar-refractivity contribution >= 4 is 17.7 Å². The van der Waals surface area contributed by atoms with Crippen LogP contribution in [0.2, 0.25) is 0 Å². The molecule has 2 aromatic rings. The molecule has 1 spiro atoms. The molecule has 0 bridgehead atoms. The Hall–Kier alpha value is -3.59. The number of piperidine rings is 1.